The molecule has 1 atom stereocenters. The van der Waals surface area contributed by atoms with Gasteiger partial charge in [0.2, 0.25) is 5.91 Å². The minimum Gasteiger partial charge on any atom is -0.492 e. The number of nitrogens with zero attached hydrogens (tertiary/aromatic N) is 3. The van der Waals surface area contributed by atoms with Crippen LogP contribution in [0, 0.1) is 6.92 Å². The van der Waals surface area contributed by atoms with Gasteiger partial charge in [0.1, 0.15) is 5.75 Å². The van der Waals surface area contributed by atoms with E-state index in [2.05, 4.69) is 11.0 Å². The molecule has 0 saturated carbocycles. The molecule has 2 aliphatic rings. The van der Waals surface area contributed by atoms with Gasteiger partial charge in [-0.1, -0.05) is 54.1 Å². The first-order chi connectivity index (χ1) is 21.3. The van der Waals surface area contributed by atoms with Gasteiger partial charge in [0.05, 0.1) is 31.0 Å². The third-order valence-electron chi connectivity index (χ3n) is 8.35. The molecule has 1 saturated heterocycles. The molecule has 230 valence electrons. The van der Waals surface area contributed by atoms with Gasteiger partial charge in [-0.3, -0.25) is 9.59 Å². The molecule has 0 N–H and O–H groups in total. The molecule has 0 bridgehead atoms. The van der Waals surface area contributed by atoms with Crippen molar-refractivity contribution in [3.63, 3.8) is 0 Å². The first kappa shape index (κ1) is 30.9. The van der Waals surface area contributed by atoms with Gasteiger partial charge in [-0.15, -0.1) is 0 Å². The van der Waals surface area contributed by atoms with E-state index in [1.54, 1.807) is 11.8 Å². The first-order valence-electron chi connectivity index (χ1n) is 15.4. The number of aryl methyl sites for hydroxylation is 1. The Balaban J connectivity index is 1.32. The zero-order valence-electron chi connectivity index (χ0n) is 26.0. The van der Waals surface area contributed by atoms with E-state index in [0.29, 0.717) is 49.6 Å². The van der Waals surface area contributed by atoms with E-state index in [1.165, 1.54) is 0 Å². The number of amides is 2. The molecular formula is C36H41N3O5. The zero-order valence-corrected chi connectivity index (χ0v) is 26.0. The lowest BCUT2D eigenvalue weighted by molar-refractivity contribution is -0.140. The summed E-state index contributed by atoms with van der Waals surface area (Å²) < 4.78 is 11.3. The Morgan fingerprint density at radius 3 is 2.34 bits per heavy atom. The van der Waals surface area contributed by atoms with Gasteiger partial charge >= 0.3 is 5.97 Å². The first-order valence-corrected chi connectivity index (χ1v) is 15.4. The van der Waals surface area contributed by atoms with Crippen LogP contribution in [-0.4, -0.2) is 67.0 Å². The number of ether oxygens (including phenoxy) is 2. The van der Waals surface area contributed by atoms with Crippen LogP contribution < -0.4 is 9.64 Å². The number of piperazine rings is 1. The van der Waals surface area contributed by atoms with Gasteiger partial charge in [0, 0.05) is 49.8 Å². The van der Waals surface area contributed by atoms with Crippen LogP contribution in [0.2, 0.25) is 0 Å². The minimum atomic E-state index is -0.402. The lowest BCUT2D eigenvalue weighted by Crippen LogP contribution is -2.48. The van der Waals surface area contributed by atoms with Gasteiger partial charge in [-0.2, -0.15) is 0 Å². The van der Waals surface area contributed by atoms with Crippen LogP contribution in [0.3, 0.4) is 0 Å². The van der Waals surface area contributed by atoms with E-state index >= 15 is 0 Å². The highest BCUT2D eigenvalue weighted by Gasteiger charge is 2.37. The maximum atomic E-state index is 13.6. The standard InChI is InChI=1S/C36H41N3O5/c1-5-43-32-16-8-7-15-31(32)37-17-19-38(20-18-37)35(41)29-14-10-12-27(22-29)24-39-26(4)34(36(42)44-6-2)30(23-33(39)40)28-13-9-11-25(3)21-28/h7-16,21-22,30H,5-6,17-20,23-24H2,1-4H3. The predicted molar refractivity (Wildman–Crippen MR) is 171 cm³/mol. The van der Waals surface area contributed by atoms with E-state index in [4.69, 9.17) is 9.47 Å². The van der Waals surface area contributed by atoms with Crippen LogP contribution in [0.4, 0.5) is 5.69 Å². The van der Waals surface area contributed by atoms with E-state index < -0.39 is 5.97 Å². The summed E-state index contributed by atoms with van der Waals surface area (Å²) in [6.07, 6.45) is 0.171. The maximum Gasteiger partial charge on any atom is 0.336 e. The van der Waals surface area contributed by atoms with Crippen molar-refractivity contribution in [2.24, 2.45) is 0 Å². The molecule has 1 unspecified atom stereocenters. The van der Waals surface area contributed by atoms with E-state index in [1.807, 2.05) is 92.4 Å². The van der Waals surface area contributed by atoms with Crippen molar-refractivity contribution in [1.82, 2.24) is 9.80 Å². The molecule has 0 aliphatic carbocycles. The van der Waals surface area contributed by atoms with Gasteiger partial charge < -0.3 is 24.2 Å². The van der Waals surface area contributed by atoms with Crippen molar-refractivity contribution in [2.45, 2.75) is 46.6 Å². The van der Waals surface area contributed by atoms with Gasteiger partial charge in [-0.05, 0) is 63.1 Å². The van der Waals surface area contributed by atoms with Crippen molar-refractivity contribution in [3.05, 3.63) is 106 Å². The van der Waals surface area contributed by atoms with Crippen LogP contribution in [0.1, 0.15) is 60.2 Å². The number of esters is 1. The van der Waals surface area contributed by atoms with Crippen LogP contribution >= 0.6 is 0 Å². The van der Waals surface area contributed by atoms with Crippen LogP contribution in [-0.2, 0) is 20.9 Å². The molecule has 5 rings (SSSR count). The molecule has 8 nitrogen and oxygen atoms in total. The lowest BCUT2D eigenvalue weighted by Gasteiger charge is -2.37. The normalized spacial score (nSPS) is 17.1. The van der Waals surface area contributed by atoms with Crippen molar-refractivity contribution in [3.8, 4) is 5.75 Å². The zero-order chi connectivity index (χ0) is 31.2. The van der Waals surface area contributed by atoms with Crippen molar-refractivity contribution >= 4 is 23.5 Å². The Morgan fingerprint density at radius 2 is 1.61 bits per heavy atom. The highest BCUT2D eigenvalue weighted by Crippen LogP contribution is 2.38. The summed E-state index contributed by atoms with van der Waals surface area (Å²) in [4.78, 5) is 46.1. The molecule has 44 heavy (non-hydrogen) atoms. The number of para-hydroxylation sites is 2. The quantitative estimate of drug-likeness (QED) is 0.295. The fourth-order valence-corrected chi connectivity index (χ4v) is 6.16. The number of carbonyl (C=O) groups is 3. The average molecular weight is 596 g/mol. The number of anilines is 1. The van der Waals surface area contributed by atoms with Gasteiger partial charge in [-0.25, -0.2) is 4.79 Å². The van der Waals surface area contributed by atoms with E-state index in [9.17, 15) is 14.4 Å². The second-order valence-corrected chi connectivity index (χ2v) is 11.3. The largest absolute Gasteiger partial charge is 0.492 e. The van der Waals surface area contributed by atoms with Crippen molar-refractivity contribution in [1.29, 1.82) is 0 Å². The molecule has 1 fully saturated rings. The maximum absolute atomic E-state index is 13.6. The van der Waals surface area contributed by atoms with Crippen LogP contribution in [0.25, 0.3) is 0 Å². The molecule has 3 aromatic rings. The highest BCUT2D eigenvalue weighted by molar-refractivity contribution is 5.96. The Hall–Kier alpha value is -4.59. The fraction of sp³-hybridized carbons (Fsp3) is 0.361. The van der Waals surface area contributed by atoms with Crippen LogP contribution in [0.5, 0.6) is 5.75 Å². The predicted octanol–water partition coefficient (Wildman–Crippen LogP) is 5.71. The summed E-state index contributed by atoms with van der Waals surface area (Å²) in [6.45, 7) is 11.3. The molecular weight excluding hydrogens is 554 g/mol. The number of allylic oxidation sites excluding steroid dienone is 1. The summed E-state index contributed by atoms with van der Waals surface area (Å²) in [6, 6.07) is 23.4. The number of rotatable bonds is 9. The second-order valence-electron chi connectivity index (χ2n) is 11.3. The number of hydrogen-bond acceptors (Lipinski definition) is 6. The molecule has 8 heteroatoms. The summed E-state index contributed by atoms with van der Waals surface area (Å²) >= 11 is 0. The Morgan fingerprint density at radius 1 is 0.864 bits per heavy atom. The third kappa shape index (κ3) is 6.64. The van der Waals surface area contributed by atoms with Crippen molar-refractivity contribution in [2.75, 3.05) is 44.3 Å². The number of benzene rings is 3. The SMILES string of the molecule is CCOC(=O)C1=C(C)N(Cc2cccc(C(=O)N3CCN(c4ccccc4OCC)CC3)c2)C(=O)CC1c1cccc(C)c1. The summed E-state index contributed by atoms with van der Waals surface area (Å²) in [5.74, 6) is -0.0167. The Kier molecular flexibility index (Phi) is 9.68. The fourth-order valence-electron chi connectivity index (χ4n) is 6.16. The lowest BCUT2D eigenvalue weighted by atomic mass is 9.83. The Labute approximate surface area is 259 Å². The van der Waals surface area contributed by atoms with E-state index in [0.717, 1.165) is 28.1 Å². The number of hydrogen-bond donors (Lipinski definition) is 0. The molecule has 0 spiro atoms. The molecule has 2 aliphatic heterocycles. The molecule has 3 aromatic carbocycles. The van der Waals surface area contributed by atoms with Crippen molar-refractivity contribution < 1.29 is 23.9 Å². The monoisotopic (exact) mass is 595 g/mol. The highest BCUT2D eigenvalue weighted by atomic mass is 16.5. The number of carbonyl (C=O) groups excluding carboxylic acids is 3. The third-order valence-corrected chi connectivity index (χ3v) is 8.35. The smallest absolute Gasteiger partial charge is 0.336 e. The average Bonchev–Trinajstić information content (AvgIpc) is 3.03. The summed E-state index contributed by atoms with van der Waals surface area (Å²) in [5.41, 5.74) is 5.54. The molecule has 0 aromatic heterocycles. The van der Waals surface area contributed by atoms with E-state index in [-0.39, 0.29) is 37.3 Å². The topological polar surface area (TPSA) is 79.4 Å². The molecule has 2 heterocycles. The summed E-state index contributed by atoms with van der Waals surface area (Å²) in [5, 5.41) is 0. The molecule has 2 amide bonds. The van der Waals surface area contributed by atoms with Crippen LogP contribution in [0.15, 0.2) is 84.1 Å². The second kappa shape index (κ2) is 13.8. The summed E-state index contributed by atoms with van der Waals surface area (Å²) in [7, 11) is 0. The molecule has 0 radical (unpaired) electrons. The Bertz CT molecular complexity index is 1560. The van der Waals surface area contributed by atoms with Gasteiger partial charge in [0.15, 0.2) is 0 Å². The minimum absolute atomic E-state index is 0.0337. The van der Waals surface area contributed by atoms with Gasteiger partial charge in [0.25, 0.3) is 5.91 Å².